The summed E-state index contributed by atoms with van der Waals surface area (Å²) in [5, 5.41) is 0. The molecule has 96 valence electrons. The molecule has 0 spiro atoms. The minimum atomic E-state index is 0.471. The van der Waals surface area contributed by atoms with Crippen molar-refractivity contribution in [3.63, 3.8) is 0 Å². The molecular weight excluding hydrogens is 208 g/mol. The molecule has 2 fully saturated rings. The smallest absolute Gasteiger partial charge is 0.0898 e. The van der Waals surface area contributed by atoms with E-state index in [2.05, 4.69) is 29.8 Å². The number of aliphatic imine (C=N–C) groups is 2. The molecular formula is C15H26N2. The minimum absolute atomic E-state index is 0.471. The zero-order valence-electron chi connectivity index (χ0n) is 11.4. The van der Waals surface area contributed by atoms with Crippen molar-refractivity contribution in [3.05, 3.63) is 0 Å². The first-order valence-electron chi connectivity index (χ1n) is 7.30. The van der Waals surface area contributed by atoms with Crippen LogP contribution in [0.4, 0.5) is 0 Å². The SMILES string of the molecule is CC1(C)CCCC(N=C=NC2CCCCC2)C1. The Morgan fingerprint density at radius 1 is 0.882 bits per heavy atom. The summed E-state index contributed by atoms with van der Waals surface area (Å²) in [5.41, 5.74) is 0.471. The highest BCUT2D eigenvalue weighted by molar-refractivity contribution is 5.42. The van der Waals surface area contributed by atoms with Gasteiger partial charge in [-0.1, -0.05) is 39.5 Å². The molecule has 0 amide bonds. The molecule has 2 heteroatoms. The fraction of sp³-hybridized carbons (Fsp3) is 0.933. The number of hydrogen-bond acceptors (Lipinski definition) is 2. The number of hydrogen-bond donors (Lipinski definition) is 0. The van der Waals surface area contributed by atoms with E-state index in [1.165, 1.54) is 57.8 Å². The van der Waals surface area contributed by atoms with Gasteiger partial charge in [-0.05, 0) is 37.5 Å². The van der Waals surface area contributed by atoms with Crippen molar-refractivity contribution >= 4 is 6.01 Å². The molecule has 0 aromatic carbocycles. The van der Waals surface area contributed by atoms with Crippen molar-refractivity contribution in [2.75, 3.05) is 0 Å². The Labute approximate surface area is 106 Å². The highest BCUT2D eigenvalue weighted by Gasteiger charge is 2.27. The van der Waals surface area contributed by atoms with Gasteiger partial charge in [0.25, 0.3) is 0 Å². The molecule has 2 aliphatic rings. The van der Waals surface area contributed by atoms with Gasteiger partial charge in [0.2, 0.25) is 0 Å². The Morgan fingerprint density at radius 3 is 2.24 bits per heavy atom. The summed E-state index contributed by atoms with van der Waals surface area (Å²) in [6.45, 7) is 4.71. The summed E-state index contributed by atoms with van der Waals surface area (Å²) in [5.74, 6) is 0. The van der Waals surface area contributed by atoms with Crippen LogP contribution in [0.25, 0.3) is 0 Å². The van der Waals surface area contributed by atoms with Crippen LogP contribution in [-0.2, 0) is 0 Å². The van der Waals surface area contributed by atoms with E-state index in [1.807, 2.05) is 0 Å². The predicted molar refractivity (Wildman–Crippen MR) is 72.8 cm³/mol. The third-order valence-corrected chi connectivity index (χ3v) is 4.23. The molecule has 2 nitrogen and oxygen atoms in total. The molecule has 0 radical (unpaired) electrons. The largest absolute Gasteiger partial charge is 0.222 e. The highest BCUT2D eigenvalue weighted by Crippen LogP contribution is 2.36. The van der Waals surface area contributed by atoms with Crippen LogP contribution in [0, 0.1) is 5.41 Å². The maximum atomic E-state index is 4.56. The van der Waals surface area contributed by atoms with Crippen LogP contribution in [0.2, 0.25) is 0 Å². The molecule has 17 heavy (non-hydrogen) atoms. The molecule has 0 bridgehead atoms. The van der Waals surface area contributed by atoms with Crippen molar-refractivity contribution in [1.82, 2.24) is 0 Å². The highest BCUT2D eigenvalue weighted by atomic mass is 14.9. The average Bonchev–Trinajstić information content (AvgIpc) is 2.29. The van der Waals surface area contributed by atoms with E-state index >= 15 is 0 Å². The fourth-order valence-corrected chi connectivity index (χ4v) is 3.18. The molecule has 0 aromatic rings. The van der Waals surface area contributed by atoms with Gasteiger partial charge in [-0.15, -0.1) is 0 Å². The van der Waals surface area contributed by atoms with Crippen LogP contribution < -0.4 is 0 Å². The van der Waals surface area contributed by atoms with Gasteiger partial charge in [0.15, 0.2) is 0 Å². The first-order chi connectivity index (χ1) is 8.16. The van der Waals surface area contributed by atoms with Crippen LogP contribution in [0.15, 0.2) is 9.98 Å². The molecule has 0 aliphatic heterocycles. The Kier molecular flexibility index (Phi) is 4.39. The normalized spacial score (nSPS) is 29.4. The van der Waals surface area contributed by atoms with E-state index in [0.717, 1.165) is 0 Å². The standard InChI is InChI=1S/C15H26N2/c1-15(2)10-6-9-14(11-15)17-12-16-13-7-4-3-5-8-13/h13-14H,3-11H2,1-2H3. The predicted octanol–water partition coefficient (Wildman–Crippen LogP) is 4.46. The molecule has 2 aliphatic carbocycles. The van der Waals surface area contributed by atoms with Crippen LogP contribution in [0.1, 0.15) is 71.6 Å². The Bertz CT molecular complexity index is 294. The zero-order chi connectivity index (χ0) is 12.1. The lowest BCUT2D eigenvalue weighted by atomic mass is 9.75. The molecule has 0 aromatic heterocycles. The second-order valence-corrected chi connectivity index (χ2v) is 6.56. The topological polar surface area (TPSA) is 24.7 Å². The average molecular weight is 234 g/mol. The first-order valence-corrected chi connectivity index (χ1v) is 7.30. The van der Waals surface area contributed by atoms with E-state index in [1.54, 1.807) is 0 Å². The lowest BCUT2D eigenvalue weighted by Crippen LogP contribution is -2.24. The maximum absolute atomic E-state index is 4.56. The van der Waals surface area contributed by atoms with E-state index < -0.39 is 0 Å². The van der Waals surface area contributed by atoms with Gasteiger partial charge < -0.3 is 0 Å². The van der Waals surface area contributed by atoms with E-state index in [0.29, 0.717) is 17.5 Å². The summed E-state index contributed by atoms with van der Waals surface area (Å²) in [4.78, 5) is 9.06. The molecule has 0 heterocycles. The van der Waals surface area contributed by atoms with Crippen molar-refractivity contribution in [2.24, 2.45) is 15.4 Å². The van der Waals surface area contributed by atoms with E-state index in [4.69, 9.17) is 0 Å². The van der Waals surface area contributed by atoms with Gasteiger partial charge >= 0.3 is 0 Å². The Morgan fingerprint density at radius 2 is 1.53 bits per heavy atom. The number of rotatable bonds is 2. The summed E-state index contributed by atoms with van der Waals surface area (Å²) >= 11 is 0. The zero-order valence-corrected chi connectivity index (χ0v) is 11.4. The molecule has 0 saturated heterocycles. The minimum Gasteiger partial charge on any atom is -0.222 e. The third kappa shape index (κ3) is 4.27. The van der Waals surface area contributed by atoms with Crippen molar-refractivity contribution in [1.29, 1.82) is 0 Å². The molecule has 1 atom stereocenters. The van der Waals surface area contributed by atoms with Gasteiger partial charge in [0.1, 0.15) is 0 Å². The van der Waals surface area contributed by atoms with E-state index in [9.17, 15) is 0 Å². The first kappa shape index (κ1) is 12.8. The maximum Gasteiger partial charge on any atom is 0.0898 e. The quantitative estimate of drug-likeness (QED) is 0.630. The molecule has 0 N–H and O–H groups in total. The summed E-state index contributed by atoms with van der Waals surface area (Å²) in [7, 11) is 0. The summed E-state index contributed by atoms with van der Waals surface area (Å²) in [6, 6.07) is 4.01. The van der Waals surface area contributed by atoms with Crippen molar-refractivity contribution in [2.45, 2.75) is 83.7 Å². The lowest BCUT2D eigenvalue weighted by Gasteiger charge is -2.32. The third-order valence-electron chi connectivity index (χ3n) is 4.23. The lowest BCUT2D eigenvalue weighted by molar-refractivity contribution is 0.222. The Hall–Kier alpha value is -0.620. The van der Waals surface area contributed by atoms with Gasteiger partial charge in [-0.2, -0.15) is 0 Å². The van der Waals surface area contributed by atoms with Gasteiger partial charge in [0, 0.05) is 0 Å². The van der Waals surface area contributed by atoms with Crippen LogP contribution in [-0.4, -0.2) is 18.1 Å². The van der Waals surface area contributed by atoms with Crippen molar-refractivity contribution in [3.8, 4) is 0 Å². The molecule has 1 unspecified atom stereocenters. The van der Waals surface area contributed by atoms with E-state index in [-0.39, 0.29) is 0 Å². The molecule has 2 rings (SSSR count). The molecule has 2 saturated carbocycles. The van der Waals surface area contributed by atoms with Gasteiger partial charge in [-0.3, -0.25) is 0 Å². The monoisotopic (exact) mass is 234 g/mol. The van der Waals surface area contributed by atoms with Crippen LogP contribution >= 0.6 is 0 Å². The van der Waals surface area contributed by atoms with Gasteiger partial charge in [0.05, 0.1) is 18.1 Å². The number of nitrogens with zero attached hydrogens (tertiary/aromatic N) is 2. The second kappa shape index (κ2) is 5.82. The van der Waals surface area contributed by atoms with Crippen LogP contribution in [0.3, 0.4) is 0 Å². The van der Waals surface area contributed by atoms with Crippen molar-refractivity contribution < 1.29 is 0 Å². The van der Waals surface area contributed by atoms with Crippen LogP contribution in [0.5, 0.6) is 0 Å². The second-order valence-electron chi connectivity index (χ2n) is 6.56. The Balaban J connectivity index is 1.84. The fourth-order valence-electron chi connectivity index (χ4n) is 3.18. The summed E-state index contributed by atoms with van der Waals surface area (Å²) in [6.07, 6.45) is 11.7. The van der Waals surface area contributed by atoms with Gasteiger partial charge in [-0.25, -0.2) is 9.98 Å². The summed E-state index contributed by atoms with van der Waals surface area (Å²) < 4.78 is 0.